The highest BCUT2D eigenvalue weighted by Gasteiger charge is 2.18. The molecule has 2 atom stereocenters. The summed E-state index contributed by atoms with van der Waals surface area (Å²) in [5.41, 5.74) is 1.44. The monoisotopic (exact) mass is 396 g/mol. The number of benzene rings is 1. The summed E-state index contributed by atoms with van der Waals surface area (Å²) in [6.45, 7) is 3.28. The summed E-state index contributed by atoms with van der Waals surface area (Å²) in [6, 6.07) is 6.87. The molecule has 0 aliphatic carbocycles. The molecule has 3 aromatic rings. The van der Waals surface area contributed by atoms with Crippen molar-refractivity contribution in [1.29, 1.82) is 0 Å². The van der Waals surface area contributed by atoms with E-state index in [1.165, 1.54) is 35.9 Å². The molecular formula is C19H20N6O4. The largest absolute Gasteiger partial charge is 0.472 e. The average Bonchev–Trinajstić information content (AvgIpc) is 3.42. The highest BCUT2D eigenvalue weighted by molar-refractivity contribution is 6.01. The van der Waals surface area contributed by atoms with Gasteiger partial charge in [-0.25, -0.2) is 9.67 Å². The summed E-state index contributed by atoms with van der Waals surface area (Å²) < 4.78 is 6.30. The van der Waals surface area contributed by atoms with Gasteiger partial charge < -0.3 is 20.4 Å². The Balaban J connectivity index is 1.52. The van der Waals surface area contributed by atoms with Crippen molar-refractivity contribution in [2.45, 2.75) is 25.9 Å². The van der Waals surface area contributed by atoms with Crippen molar-refractivity contribution in [2.24, 2.45) is 0 Å². The molecule has 0 fully saturated rings. The second-order valence-electron chi connectivity index (χ2n) is 6.31. The predicted octanol–water partition coefficient (Wildman–Crippen LogP) is 1.83. The average molecular weight is 396 g/mol. The van der Waals surface area contributed by atoms with E-state index in [0.717, 1.165) is 0 Å². The number of rotatable bonds is 7. The van der Waals surface area contributed by atoms with Crippen LogP contribution in [0.2, 0.25) is 0 Å². The van der Waals surface area contributed by atoms with Crippen molar-refractivity contribution in [3.63, 3.8) is 0 Å². The molecule has 0 spiro atoms. The summed E-state index contributed by atoms with van der Waals surface area (Å²) >= 11 is 0. The Labute approximate surface area is 166 Å². The first-order chi connectivity index (χ1) is 13.9. The number of anilines is 2. The summed E-state index contributed by atoms with van der Waals surface area (Å²) in [4.78, 5) is 40.3. The van der Waals surface area contributed by atoms with E-state index >= 15 is 0 Å². The van der Waals surface area contributed by atoms with Crippen LogP contribution in [0.4, 0.5) is 11.4 Å². The number of nitrogens with one attached hydrogen (secondary N) is 3. The van der Waals surface area contributed by atoms with Crippen LogP contribution in [0.5, 0.6) is 0 Å². The number of hydrogen-bond donors (Lipinski definition) is 3. The van der Waals surface area contributed by atoms with Crippen LogP contribution in [0.25, 0.3) is 0 Å². The van der Waals surface area contributed by atoms with Gasteiger partial charge in [-0.2, -0.15) is 5.10 Å². The third kappa shape index (κ3) is 5.06. The lowest BCUT2D eigenvalue weighted by atomic mass is 10.2. The van der Waals surface area contributed by atoms with E-state index in [4.69, 9.17) is 4.42 Å². The zero-order valence-corrected chi connectivity index (χ0v) is 15.8. The maximum atomic E-state index is 12.3. The number of carbonyl (C=O) groups excluding carboxylic acids is 3. The van der Waals surface area contributed by atoms with Gasteiger partial charge in [0.1, 0.15) is 31.0 Å². The van der Waals surface area contributed by atoms with Crippen molar-refractivity contribution < 1.29 is 18.8 Å². The second-order valence-corrected chi connectivity index (χ2v) is 6.31. The van der Waals surface area contributed by atoms with Crippen LogP contribution in [0.3, 0.4) is 0 Å². The van der Waals surface area contributed by atoms with Gasteiger partial charge >= 0.3 is 0 Å². The Kier molecular flexibility index (Phi) is 6.03. The van der Waals surface area contributed by atoms with Gasteiger partial charge in [-0.1, -0.05) is 0 Å². The minimum atomic E-state index is -0.750. The highest BCUT2D eigenvalue weighted by atomic mass is 16.3. The highest BCUT2D eigenvalue weighted by Crippen LogP contribution is 2.15. The molecule has 0 aliphatic rings. The quantitative estimate of drug-likeness (QED) is 0.558. The van der Waals surface area contributed by atoms with Gasteiger partial charge in [0.25, 0.3) is 5.91 Å². The van der Waals surface area contributed by atoms with Crippen molar-refractivity contribution in [3.8, 4) is 0 Å². The van der Waals surface area contributed by atoms with Gasteiger partial charge in [0.2, 0.25) is 11.8 Å². The van der Waals surface area contributed by atoms with E-state index in [-0.39, 0.29) is 11.8 Å². The van der Waals surface area contributed by atoms with Gasteiger partial charge in [0.15, 0.2) is 0 Å². The van der Waals surface area contributed by atoms with Crippen LogP contribution in [-0.2, 0) is 9.59 Å². The SMILES string of the molecule is C[C@H](NC(=O)c1ccoc1)C(=O)Nc1ccc(NC(=O)[C@H](C)n2cncn2)cc1. The lowest BCUT2D eigenvalue weighted by Gasteiger charge is -2.15. The lowest BCUT2D eigenvalue weighted by molar-refractivity contribution is -0.119. The molecule has 10 heteroatoms. The zero-order chi connectivity index (χ0) is 20.8. The number of carbonyl (C=O) groups is 3. The Morgan fingerprint density at radius 1 is 1.00 bits per heavy atom. The van der Waals surface area contributed by atoms with Crippen LogP contribution < -0.4 is 16.0 Å². The summed E-state index contributed by atoms with van der Waals surface area (Å²) in [5, 5.41) is 12.0. The fourth-order valence-electron chi connectivity index (χ4n) is 2.41. The van der Waals surface area contributed by atoms with Gasteiger partial charge in [-0.05, 0) is 44.2 Å². The molecule has 1 aromatic carbocycles. The van der Waals surface area contributed by atoms with Crippen molar-refractivity contribution in [3.05, 3.63) is 61.1 Å². The molecule has 0 saturated carbocycles. The summed E-state index contributed by atoms with van der Waals surface area (Å²) in [7, 11) is 0. The number of amides is 3. The Hall–Kier alpha value is -3.95. The van der Waals surface area contributed by atoms with E-state index < -0.39 is 18.0 Å². The minimum Gasteiger partial charge on any atom is -0.472 e. The Bertz CT molecular complexity index is 967. The number of furan rings is 1. The van der Waals surface area contributed by atoms with Crippen LogP contribution in [0.1, 0.15) is 30.2 Å². The number of nitrogens with zero attached hydrogens (tertiary/aromatic N) is 3. The molecule has 0 unspecified atom stereocenters. The van der Waals surface area contributed by atoms with E-state index in [9.17, 15) is 14.4 Å². The van der Waals surface area contributed by atoms with E-state index in [1.54, 1.807) is 38.1 Å². The summed E-state index contributed by atoms with van der Waals surface area (Å²) in [6.07, 6.45) is 5.51. The molecule has 29 heavy (non-hydrogen) atoms. The number of hydrogen-bond acceptors (Lipinski definition) is 6. The molecule has 3 N–H and O–H groups in total. The smallest absolute Gasteiger partial charge is 0.255 e. The molecule has 0 radical (unpaired) electrons. The number of aromatic nitrogens is 3. The first kappa shape index (κ1) is 19.8. The fraction of sp³-hybridized carbons (Fsp3) is 0.211. The van der Waals surface area contributed by atoms with Crippen LogP contribution in [-0.4, -0.2) is 38.5 Å². The predicted molar refractivity (Wildman–Crippen MR) is 104 cm³/mol. The maximum Gasteiger partial charge on any atom is 0.255 e. The van der Waals surface area contributed by atoms with Crippen molar-refractivity contribution in [1.82, 2.24) is 20.1 Å². The van der Waals surface area contributed by atoms with Gasteiger partial charge in [-0.3, -0.25) is 14.4 Å². The molecule has 10 nitrogen and oxygen atoms in total. The van der Waals surface area contributed by atoms with E-state index in [0.29, 0.717) is 16.9 Å². The molecule has 0 saturated heterocycles. The van der Waals surface area contributed by atoms with Gasteiger partial charge in [0.05, 0.1) is 11.8 Å². The zero-order valence-electron chi connectivity index (χ0n) is 15.8. The third-order valence-corrected chi connectivity index (χ3v) is 4.16. The third-order valence-electron chi connectivity index (χ3n) is 4.16. The minimum absolute atomic E-state index is 0.247. The van der Waals surface area contributed by atoms with Crippen LogP contribution >= 0.6 is 0 Å². The molecule has 2 heterocycles. The summed E-state index contributed by atoms with van der Waals surface area (Å²) in [5.74, 6) is -1.03. The van der Waals surface area contributed by atoms with Gasteiger partial charge in [-0.15, -0.1) is 0 Å². The first-order valence-electron chi connectivity index (χ1n) is 8.83. The normalized spacial score (nSPS) is 12.6. The molecule has 150 valence electrons. The molecule has 0 aliphatic heterocycles. The Morgan fingerprint density at radius 3 is 2.21 bits per heavy atom. The van der Waals surface area contributed by atoms with Gasteiger partial charge in [0, 0.05) is 11.4 Å². The van der Waals surface area contributed by atoms with Crippen molar-refractivity contribution in [2.75, 3.05) is 10.6 Å². The lowest BCUT2D eigenvalue weighted by Crippen LogP contribution is -2.41. The molecule has 3 amide bonds. The topological polar surface area (TPSA) is 131 Å². The fourth-order valence-corrected chi connectivity index (χ4v) is 2.41. The van der Waals surface area contributed by atoms with E-state index in [1.807, 2.05) is 0 Å². The van der Waals surface area contributed by atoms with Crippen molar-refractivity contribution >= 4 is 29.1 Å². The maximum absolute atomic E-state index is 12.3. The van der Waals surface area contributed by atoms with E-state index in [2.05, 4.69) is 26.0 Å². The second kappa shape index (κ2) is 8.83. The standard InChI is InChI=1S/C19H20N6O4/c1-12(22-19(28)14-7-8-29-9-14)17(26)23-15-3-5-16(6-4-15)24-18(27)13(2)25-11-20-10-21-25/h3-13H,1-2H3,(H,22,28)(H,23,26)(H,24,27)/t12-,13-/m0/s1. The van der Waals surface area contributed by atoms with Crippen LogP contribution in [0.15, 0.2) is 59.9 Å². The molecular weight excluding hydrogens is 376 g/mol. The first-order valence-corrected chi connectivity index (χ1v) is 8.83. The molecule has 2 aromatic heterocycles. The molecule has 0 bridgehead atoms. The molecule has 3 rings (SSSR count). The Morgan fingerprint density at radius 2 is 1.66 bits per heavy atom. The van der Waals surface area contributed by atoms with Crippen LogP contribution in [0, 0.1) is 0 Å².